The lowest BCUT2D eigenvalue weighted by Gasteiger charge is -2.40. The summed E-state index contributed by atoms with van der Waals surface area (Å²) in [6.07, 6.45) is 6.51. The average molecular weight is 423 g/mol. The van der Waals surface area contributed by atoms with Crippen molar-refractivity contribution in [1.29, 1.82) is 0 Å². The minimum Gasteiger partial charge on any atom is -0.477 e. The normalized spacial score (nSPS) is 14.3. The van der Waals surface area contributed by atoms with Crippen LogP contribution < -0.4 is 10.3 Å². The Balaban J connectivity index is 1.61. The lowest BCUT2D eigenvalue weighted by atomic mass is 10.1. The van der Waals surface area contributed by atoms with E-state index in [1.165, 1.54) is 17.1 Å². The lowest BCUT2D eigenvalue weighted by Crippen LogP contribution is -2.48. The fourth-order valence-corrected chi connectivity index (χ4v) is 4.16. The quantitative estimate of drug-likeness (QED) is 0.528. The van der Waals surface area contributed by atoms with Gasteiger partial charge in [-0.15, -0.1) is 0 Å². The zero-order chi connectivity index (χ0) is 21.0. The molecule has 0 radical (unpaired) electrons. The summed E-state index contributed by atoms with van der Waals surface area (Å²) >= 11 is 1.10. The first kappa shape index (κ1) is 18.4. The van der Waals surface area contributed by atoms with Crippen LogP contribution >= 0.6 is 11.5 Å². The highest BCUT2D eigenvalue weighted by atomic mass is 32.1. The van der Waals surface area contributed by atoms with Crippen molar-refractivity contribution >= 4 is 34.4 Å². The Bertz CT molecular complexity index is 1340. The number of hydrogen-bond donors (Lipinski definition) is 1. The summed E-state index contributed by atoms with van der Waals surface area (Å²) in [5.41, 5.74) is 1.27. The Morgan fingerprint density at radius 3 is 2.70 bits per heavy atom. The molecular formula is C19H17N7O3S. The average Bonchev–Trinajstić information content (AvgIpc) is 3.32. The van der Waals surface area contributed by atoms with E-state index in [2.05, 4.69) is 19.4 Å². The number of carboxylic acids is 1. The van der Waals surface area contributed by atoms with Gasteiger partial charge in [0.25, 0.3) is 0 Å². The first-order valence-corrected chi connectivity index (χ1v) is 10.0. The van der Waals surface area contributed by atoms with Crippen LogP contribution in [-0.4, -0.2) is 52.9 Å². The standard InChI is InChI=1S/C19H17N7O3S/c1-10-4-21-26(5-10)12-6-24(7-12)14-3-11(2)15-16(27)13(18(28)29)8-25(17(15)23-14)19-20-9-22-30-19/h3-5,8-9,12H,6-7H2,1-2H3,(H,28,29). The van der Waals surface area contributed by atoms with Crippen molar-refractivity contribution in [3.05, 3.63) is 57.9 Å². The van der Waals surface area contributed by atoms with Gasteiger partial charge in [-0.3, -0.25) is 14.0 Å². The van der Waals surface area contributed by atoms with Crippen LogP contribution in [0.2, 0.25) is 0 Å². The van der Waals surface area contributed by atoms with Crippen LogP contribution in [0.4, 0.5) is 5.82 Å². The molecule has 0 aromatic carbocycles. The zero-order valence-electron chi connectivity index (χ0n) is 16.2. The van der Waals surface area contributed by atoms with Gasteiger partial charge in [0.2, 0.25) is 10.6 Å². The molecule has 0 saturated carbocycles. The van der Waals surface area contributed by atoms with E-state index in [-0.39, 0.29) is 17.0 Å². The molecule has 10 nitrogen and oxygen atoms in total. The van der Waals surface area contributed by atoms with Crippen molar-refractivity contribution in [2.75, 3.05) is 18.0 Å². The topological polar surface area (TPSA) is 119 Å². The Morgan fingerprint density at radius 1 is 1.27 bits per heavy atom. The number of hydrogen-bond acceptors (Lipinski definition) is 8. The highest BCUT2D eigenvalue weighted by molar-refractivity contribution is 7.08. The number of aryl methyl sites for hydroxylation is 2. The van der Waals surface area contributed by atoms with Crippen molar-refractivity contribution in [3.63, 3.8) is 0 Å². The van der Waals surface area contributed by atoms with Crippen LogP contribution in [0.1, 0.15) is 27.5 Å². The van der Waals surface area contributed by atoms with E-state index in [1.54, 1.807) is 6.92 Å². The molecule has 0 unspecified atom stereocenters. The van der Waals surface area contributed by atoms with E-state index in [9.17, 15) is 14.7 Å². The number of pyridine rings is 2. The van der Waals surface area contributed by atoms with Gasteiger partial charge in [-0.1, -0.05) is 0 Å². The maximum absolute atomic E-state index is 12.8. The molecule has 152 valence electrons. The molecule has 0 amide bonds. The third kappa shape index (κ3) is 2.86. The van der Waals surface area contributed by atoms with Gasteiger partial charge in [0.05, 0.1) is 17.6 Å². The van der Waals surface area contributed by atoms with Crippen LogP contribution in [0.3, 0.4) is 0 Å². The van der Waals surface area contributed by atoms with Gasteiger partial charge in [-0.25, -0.2) is 14.8 Å². The summed E-state index contributed by atoms with van der Waals surface area (Å²) in [4.78, 5) is 35.4. The molecule has 1 saturated heterocycles. The predicted octanol–water partition coefficient (Wildman–Crippen LogP) is 1.81. The second-order valence-electron chi connectivity index (χ2n) is 7.32. The molecule has 0 spiro atoms. The molecule has 1 aliphatic rings. The lowest BCUT2D eigenvalue weighted by molar-refractivity contribution is 0.0695. The van der Waals surface area contributed by atoms with Crippen molar-refractivity contribution in [2.45, 2.75) is 19.9 Å². The molecule has 11 heteroatoms. The van der Waals surface area contributed by atoms with Crippen LogP contribution in [-0.2, 0) is 0 Å². The summed E-state index contributed by atoms with van der Waals surface area (Å²) in [5, 5.41) is 14.6. The largest absolute Gasteiger partial charge is 0.477 e. The Labute approximate surface area is 174 Å². The van der Waals surface area contributed by atoms with E-state index < -0.39 is 11.4 Å². The SMILES string of the molecule is Cc1cnn(C2CN(c3cc(C)c4c(=O)c(C(=O)O)cn(-c5ncns5)c4n3)C2)c1. The fourth-order valence-electron chi connectivity index (χ4n) is 3.65. The van der Waals surface area contributed by atoms with Gasteiger partial charge in [0.1, 0.15) is 17.7 Å². The van der Waals surface area contributed by atoms with Crippen LogP contribution in [0, 0.1) is 13.8 Å². The molecule has 0 atom stereocenters. The van der Waals surface area contributed by atoms with Crippen molar-refractivity contribution < 1.29 is 9.90 Å². The van der Waals surface area contributed by atoms with E-state index >= 15 is 0 Å². The number of carbonyl (C=O) groups is 1. The van der Waals surface area contributed by atoms with Gasteiger partial charge >= 0.3 is 5.97 Å². The number of rotatable bonds is 4. The summed E-state index contributed by atoms with van der Waals surface area (Å²) in [7, 11) is 0. The van der Waals surface area contributed by atoms with Gasteiger partial charge in [-0.05, 0) is 31.0 Å². The molecular weight excluding hydrogens is 406 g/mol. The second-order valence-corrected chi connectivity index (χ2v) is 8.08. The number of carboxylic acid groups (broad SMARTS) is 1. The predicted molar refractivity (Wildman–Crippen MR) is 111 cm³/mol. The Hall–Kier alpha value is -3.60. The third-order valence-corrected chi connectivity index (χ3v) is 5.88. The van der Waals surface area contributed by atoms with Gasteiger partial charge in [0.15, 0.2) is 5.65 Å². The zero-order valence-corrected chi connectivity index (χ0v) is 17.0. The molecule has 1 N–H and O–H groups in total. The molecule has 1 aliphatic heterocycles. The molecule has 0 bridgehead atoms. The molecule has 4 aromatic rings. The number of fused-ring (bicyclic) bond motifs is 1. The molecule has 4 aromatic heterocycles. The molecule has 30 heavy (non-hydrogen) atoms. The molecule has 5 heterocycles. The molecule has 5 rings (SSSR count). The highest BCUT2D eigenvalue weighted by Crippen LogP contribution is 2.29. The molecule has 1 fully saturated rings. The van der Waals surface area contributed by atoms with Crippen molar-refractivity contribution in [1.82, 2.24) is 28.7 Å². The first-order valence-electron chi connectivity index (χ1n) is 9.25. The van der Waals surface area contributed by atoms with E-state index in [4.69, 9.17) is 4.98 Å². The monoisotopic (exact) mass is 423 g/mol. The summed E-state index contributed by atoms with van der Waals surface area (Å²) in [5.74, 6) is -0.565. The summed E-state index contributed by atoms with van der Waals surface area (Å²) in [6.45, 7) is 5.29. The smallest absolute Gasteiger partial charge is 0.341 e. The maximum Gasteiger partial charge on any atom is 0.341 e. The third-order valence-electron chi connectivity index (χ3n) is 5.22. The molecule has 0 aliphatic carbocycles. The summed E-state index contributed by atoms with van der Waals surface area (Å²) in [6, 6.07) is 2.08. The van der Waals surface area contributed by atoms with Gasteiger partial charge in [0, 0.05) is 37.0 Å². The van der Waals surface area contributed by atoms with Gasteiger partial charge < -0.3 is 10.0 Å². The summed E-state index contributed by atoms with van der Waals surface area (Å²) < 4.78 is 7.48. The Kier molecular flexibility index (Phi) is 4.13. The minimum absolute atomic E-state index is 0.260. The first-order chi connectivity index (χ1) is 14.4. The van der Waals surface area contributed by atoms with E-state index in [1.807, 2.05) is 30.1 Å². The number of nitrogens with zero attached hydrogens (tertiary/aromatic N) is 7. The van der Waals surface area contributed by atoms with Crippen molar-refractivity contribution in [2.24, 2.45) is 0 Å². The highest BCUT2D eigenvalue weighted by Gasteiger charge is 2.31. The number of anilines is 1. The van der Waals surface area contributed by atoms with E-state index in [0.29, 0.717) is 16.3 Å². The van der Waals surface area contributed by atoms with Crippen LogP contribution in [0.25, 0.3) is 16.2 Å². The van der Waals surface area contributed by atoms with Gasteiger partial charge in [-0.2, -0.15) is 9.47 Å². The Morgan fingerprint density at radius 2 is 2.07 bits per heavy atom. The number of aromatic nitrogens is 6. The number of aromatic carboxylic acids is 1. The van der Waals surface area contributed by atoms with Crippen LogP contribution in [0.15, 0.2) is 35.8 Å². The minimum atomic E-state index is -1.29. The van der Waals surface area contributed by atoms with E-state index in [0.717, 1.165) is 36.0 Å². The van der Waals surface area contributed by atoms with Crippen LogP contribution in [0.5, 0.6) is 0 Å². The second kappa shape index (κ2) is 6.73. The maximum atomic E-state index is 12.8. The van der Waals surface area contributed by atoms with Crippen molar-refractivity contribution in [3.8, 4) is 5.13 Å². The fraction of sp³-hybridized carbons (Fsp3) is 0.263.